The van der Waals surface area contributed by atoms with E-state index in [1.54, 1.807) is 18.3 Å². The fourth-order valence-corrected chi connectivity index (χ4v) is 4.02. The lowest BCUT2D eigenvalue weighted by Crippen LogP contribution is -2.35. The number of hydrogen-bond donors (Lipinski definition) is 2. The maximum Gasteiger partial charge on any atom is 0.323 e. The van der Waals surface area contributed by atoms with E-state index in [-0.39, 0.29) is 24.6 Å². The van der Waals surface area contributed by atoms with Crippen molar-refractivity contribution < 1.29 is 22.3 Å². The first kappa shape index (κ1) is 20.0. The van der Waals surface area contributed by atoms with Gasteiger partial charge in [0.2, 0.25) is 0 Å². The van der Waals surface area contributed by atoms with E-state index in [0.29, 0.717) is 5.69 Å². The molecule has 11 heteroatoms. The van der Waals surface area contributed by atoms with Crippen molar-refractivity contribution in [1.29, 1.82) is 0 Å². The fraction of sp³-hybridized carbons (Fsp3) is 0.294. The minimum Gasteiger partial charge on any atom is -0.492 e. The van der Waals surface area contributed by atoms with Gasteiger partial charge in [0.1, 0.15) is 18.2 Å². The van der Waals surface area contributed by atoms with Crippen LogP contribution in [0.25, 0.3) is 0 Å². The Balaban J connectivity index is 1.62. The highest BCUT2D eigenvalue weighted by Crippen LogP contribution is 2.23. The van der Waals surface area contributed by atoms with Gasteiger partial charge in [0.15, 0.2) is 0 Å². The lowest BCUT2D eigenvalue weighted by Gasteiger charge is -2.17. The van der Waals surface area contributed by atoms with Gasteiger partial charge in [0.25, 0.3) is 10.2 Å². The van der Waals surface area contributed by atoms with Gasteiger partial charge in [-0.1, -0.05) is 0 Å². The van der Waals surface area contributed by atoms with Crippen LogP contribution in [0.1, 0.15) is 0 Å². The number of amides is 2. The Bertz CT molecular complexity index is 957. The maximum atomic E-state index is 13.9. The Morgan fingerprint density at radius 1 is 1.29 bits per heavy atom. The van der Waals surface area contributed by atoms with Crippen LogP contribution in [0.5, 0.6) is 5.75 Å². The number of nitrogens with zero attached hydrogens (tertiary/aromatic N) is 3. The molecule has 1 atom stereocenters. The first-order valence-corrected chi connectivity index (χ1v) is 9.76. The third-order valence-corrected chi connectivity index (χ3v) is 6.19. The highest BCUT2D eigenvalue weighted by Gasteiger charge is 2.39. The average Bonchev–Trinajstić information content (AvgIpc) is 2.83. The van der Waals surface area contributed by atoms with Crippen molar-refractivity contribution in [3.8, 4) is 5.75 Å². The summed E-state index contributed by atoms with van der Waals surface area (Å²) in [5.41, 5.74) is 0.684. The summed E-state index contributed by atoms with van der Waals surface area (Å²) in [6.07, 6.45) is 3.05. The number of nitrogens with one attached hydrogen (secondary N) is 2. The molecular weight excluding hydrogens is 389 g/mol. The number of halogens is 1. The van der Waals surface area contributed by atoms with Crippen LogP contribution >= 0.6 is 0 Å². The number of carbonyl (C=O) groups is 1. The van der Waals surface area contributed by atoms with E-state index in [9.17, 15) is 17.6 Å². The molecular formula is C17H20FN5O4S. The molecule has 0 saturated carbocycles. The second-order valence-electron chi connectivity index (χ2n) is 6.27. The summed E-state index contributed by atoms with van der Waals surface area (Å²) in [5.74, 6) is -0.421. The Morgan fingerprint density at radius 2 is 2.04 bits per heavy atom. The molecule has 1 aliphatic heterocycles. The molecule has 1 saturated heterocycles. The van der Waals surface area contributed by atoms with Crippen LogP contribution in [0.4, 0.5) is 20.6 Å². The number of urea groups is 1. The van der Waals surface area contributed by atoms with Gasteiger partial charge in [-0.2, -0.15) is 17.0 Å². The number of anilines is 2. The van der Waals surface area contributed by atoms with Crippen molar-refractivity contribution in [2.24, 2.45) is 0 Å². The first-order chi connectivity index (χ1) is 13.3. The van der Waals surface area contributed by atoms with E-state index >= 15 is 0 Å². The van der Waals surface area contributed by atoms with Gasteiger partial charge >= 0.3 is 6.03 Å². The van der Waals surface area contributed by atoms with Crippen LogP contribution in [0.3, 0.4) is 0 Å². The van der Waals surface area contributed by atoms with Crippen LogP contribution in [0.15, 0.2) is 42.7 Å². The molecule has 0 aliphatic carbocycles. The molecule has 1 unspecified atom stereocenters. The summed E-state index contributed by atoms with van der Waals surface area (Å²) in [7, 11) is -0.528. The second-order valence-corrected chi connectivity index (χ2v) is 8.36. The smallest absolute Gasteiger partial charge is 0.323 e. The van der Waals surface area contributed by atoms with E-state index in [0.717, 1.165) is 12.1 Å². The molecule has 3 rings (SSSR count). The SMILES string of the molecule is CN1CC(COc2cc(F)cc(NC(=O)Nc3cccnc3)c2)N(C)S1(=O)=O. The molecule has 28 heavy (non-hydrogen) atoms. The monoisotopic (exact) mass is 409 g/mol. The van der Waals surface area contributed by atoms with Crippen LogP contribution in [0.2, 0.25) is 0 Å². The molecule has 2 amide bonds. The maximum absolute atomic E-state index is 13.9. The largest absolute Gasteiger partial charge is 0.492 e. The predicted octanol–water partition coefficient (Wildman–Crippen LogP) is 1.73. The highest BCUT2D eigenvalue weighted by atomic mass is 32.2. The molecule has 1 aliphatic rings. The summed E-state index contributed by atoms with van der Waals surface area (Å²) in [5, 5.41) is 5.09. The molecule has 1 fully saturated rings. The third-order valence-electron chi connectivity index (χ3n) is 4.23. The number of hydrogen-bond acceptors (Lipinski definition) is 5. The van der Waals surface area contributed by atoms with Gasteiger partial charge in [0, 0.05) is 44.7 Å². The number of carbonyl (C=O) groups excluding carboxylic acids is 1. The predicted molar refractivity (Wildman–Crippen MR) is 102 cm³/mol. The summed E-state index contributed by atoms with van der Waals surface area (Å²) in [6, 6.07) is 6.14. The van der Waals surface area contributed by atoms with Crippen LogP contribution < -0.4 is 15.4 Å². The Labute approximate surface area is 162 Å². The first-order valence-electron chi connectivity index (χ1n) is 8.36. The summed E-state index contributed by atoms with van der Waals surface area (Å²) < 4.78 is 45.8. The highest BCUT2D eigenvalue weighted by molar-refractivity contribution is 7.87. The fourth-order valence-electron chi connectivity index (χ4n) is 2.71. The lowest BCUT2D eigenvalue weighted by atomic mass is 10.2. The number of likely N-dealkylation sites (N-methyl/N-ethyl adjacent to an activating group) is 2. The van der Waals surface area contributed by atoms with E-state index in [1.165, 1.54) is 35.0 Å². The molecule has 2 N–H and O–H groups in total. The minimum absolute atomic E-state index is 0.0465. The molecule has 0 radical (unpaired) electrons. The Kier molecular flexibility index (Phi) is 5.77. The van der Waals surface area contributed by atoms with Gasteiger partial charge < -0.3 is 15.4 Å². The molecule has 9 nitrogen and oxygen atoms in total. The average molecular weight is 409 g/mol. The van der Waals surface area contributed by atoms with Gasteiger partial charge in [-0.3, -0.25) is 4.98 Å². The van der Waals surface area contributed by atoms with Gasteiger partial charge in [-0.05, 0) is 18.2 Å². The van der Waals surface area contributed by atoms with E-state index < -0.39 is 28.1 Å². The quantitative estimate of drug-likeness (QED) is 0.783. The zero-order valence-electron chi connectivity index (χ0n) is 15.3. The number of rotatable bonds is 5. The number of pyridine rings is 1. The normalized spacial score (nSPS) is 19.3. The topological polar surface area (TPSA) is 104 Å². The minimum atomic E-state index is -3.48. The molecule has 2 heterocycles. The van der Waals surface area contributed by atoms with E-state index in [2.05, 4.69) is 15.6 Å². The van der Waals surface area contributed by atoms with Crippen molar-refractivity contribution in [2.45, 2.75) is 6.04 Å². The van der Waals surface area contributed by atoms with E-state index in [1.807, 2.05) is 0 Å². The summed E-state index contributed by atoms with van der Waals surface area (Å²) in [6.45, 7) is 0.317. The molecule has 150 valence electrons. The lowest BCUT2D eigenvalue weighted by molar-refractivity contribution is 0.230. The molecule has 0 spiro atoms. The zero-order chi connectivity index (χ0) is 20.3. The summed E-state index contributed by atoms with van der Waals surface area (Å²) in [4.78, 5) is 15.9. The summed E-state index contributed by atoms with van der Waals surface area (Å²) >= 11 is 0. The van der Waals surface area contributed by atoms with E-state index in [4.69, 9.17) is 4.74 Å². The molecule has 1 aromatic heterocycles. The molecule has 0 bridgehead atoms. The van der Waals surface area contributed by atoms with Crippen molar-refractivity contribution in [3.63, 3.8) is 0 Å². The molecule has 2 aromatic rings. The Morgan fingerprint density at radius 3 is 2.68 bits per heavy atom. The van der Waals surface area contributed by atoms with Crippen molar-refractivity contribution >= 4 is 27.6 Å². The third kappa shape index (κ3) is 4.55. The van der Waals surface area contributed by atoms with Crippen molar-refractivity contribution in [1.82, 2.24) is 13.6 Å². The number of benzene rings is 1. The second kappa shape index (κ2) is 8.09. The van der Waals surface area contributed by atoms with Crippen molar-refractivity contribution in [2.75, 3.05) is 37.9 Å². The Hall–Kier alpha value is -2.76. The van der Waals surface area contributed by atoms with Gasteiger partial charge in [0.05, 0.1) is 17.9 Å². The van der Waals surface area contributed by atoms with Crippen LogP contribution in [-0.4, -0.2) is 61.3 Å². The molecule has 1 aromatic carbocycles. The van der Waals surface area contributed by atoms with Gasteiger partial charge in [-0.25, -0.2) is 9.18 Å². The standard InChI is InChI=1S/C17H20FN5O4S/c1-22-10-15(23(2)28(22,25)26)11-27-16-7-12(18)6-14(8-16)21-17(24)20-13-4-3-5-19-9-13/h3-9,15H,10-11H2,1-2H3,(H2,20,21,24). The van der Waals surface area contributed by atoms with Gasteiger partial charge in [-0.15, -0.1) is 0 Å². The number of aromatic nitrogens is 1. The number of ether oxygens (including phenoxy) is 1. The van der Waals surface area contributed by atoms with Crippen LogP contribution in [-0.2, 0) is 10.2 Å². The zero-order valence-corrected chi connectivity index (χ0v) is 16.1. The van der Waals surface area contributed by atoms with Crippen LogP contribution in [0, 0.1) is 5.82 Å². The van der Waals surface area contributed by atoms with Crippen molar-refractivity contribution in [3.05, 3.63) is 48.5 Å².